The van der Waals surface area contributed by atoms with E-state index in [-0.39, 0.29) is 11.7 Å². The molecule has 0 spiro atoms. The lowest BCUT2D eigenvalue weighted by atomic mass is 9.83. The van der Waals surface area contributed by atoms with Gasteiger partial charge in [-0.1, -0.05) is 12.8 Å². The standard InChI is InChI=1S/C11H20N4O/c1-14-10(13-15(2)11(14)16)7-8-5-3-4-6-9(8)12/h8-9H,3-7,12H2,1-2H3/t8-,9-/m1/s1. The van der Waals surface area contributed by atoms with E-state index in [4.69, 9.17) is 5.73 Å². The predicted octanol–water partition coefficient (Wildman–Crippen LogP) is 0.179. The van der Waals surface area contributed by atoms with Gasteiger partial charge in [0.2, 0.25) is 0 Å². The van der Waals surface area contributed by atoms with Crippen LogP contribution in [0.1, 0.15) is 31.5 Å². The third-order valence-corrected chi connectivity index (χ3v) is 3.63. The summed E-state index contributed by atoms with van der Waals surface area (Å²) in [5, 5.41) is 4.25. The average Bonchev–Trinajstić information content (AvgIpc) is 2.50. The highest BCUT2D eigenvalue weighted by molar-refractivity contribution is 4.92. The molecule has 1 aliphatic carbocycles. The Bertz CT molecular complexity index is 420. The largest absolute Gasteiger partial charge is 0.345 e. The molecule has 0 aromatic carbocycles. The van der Waals surface area contributed by atoms with Crippen molar-refractivity contribution in [3.8, 4) is 0 Å². The van der Waals surface area contributed by atoms with E-state index in [0.717, 1.165) is 25.1 Å². The van der Waals surface area contributed by atoms with E-state index in [1.807, 2.05) is 0 Å². The molecule has 0 amide bonds. The zero-order valence-corrected chi connectivity index (χ0v) is 10.0. The van der Waals surface area contributed by atoms with Gasteiger partial charge >= 0.3 is 5.69 Å². The molecular formula is C11H20N4O. The first-order valence-electron chi connectivity index (χ1n) is 5.94. The number of aromatic nitrogens is 3. The molecule has 1 aromatic heterocycles. The summed E-state index contributed by atoms with van der Waals surface area (Å²) in [5.41, 5.74) is 6.04. The summed E-state index contributed by atoms with van der Waals surface area (Å²) in [6.07, 6.45) is 5.57. The Morgan fingerprint density at radius 2 is 2.06 bits per heavy atom. The lowest BCUT2D eigenvalue weighted by Crippen LogP contribution is -2.35. The fraction of sp³-hybridized carbons (Fsp3) is 0.818. The van der Waals surface area contributed by atoms with Crippen molar-refractivity contribution in [1.29, 1.82) is 0 Å². The first-order valence-corrected chi connectivity index (χ1v) is 5.94. The number of nitrogens with two attached hydrogens (primary N) is 1. The molecule has 1 aliphatic rings. The third kappa shape index (κ3) is 2.04. The Kier molecular flexibility index (Phi) is 3.14. The minimum absolute atomic E-state index is 0.0561. The summed E-state index contributed by atoms with van der Waals surface area (Å²) in [6.45, 7) is 0. The second-order valence-corrected chi connectivity index (χ2v) is 4.79. The maximum Gasteiger partial charge on any atom is 0.345 e. The molecule has 90 valence electrons. The number of aryl methyl sites for hydroxylation is 1. The highest BCUT2D eigenvalue weighted by Gasteiger charge is 2.24. The molecule has 2 N–H and O–H groups in total. The van der Waals surface area contributed by atoms with Crippen LogP contribution in [0.15, 0.2) is 4.79 Å². The molecule has 0 unspecified atom stereocenters. The fourth-order valence-electron chi connectivity index (χ4n) is 2.51. The van der Waals surface area contributed by atoms with Crippen LogP contribution in [0.4, 0.5) is 0 Å². The Morgan fingerprint density at radius 1 is 1.38 bits per heavy atom. The third-order valence-electron chi connectivity index (χ3n) is 3.63. The Labute approximate surface area is 95.2 Å². The molecule has 1 aromatic rings. The van der Waals surface area contributed by atoms with Crippen LogP contribution in [0.25, 0.3) is 0 Å². The van der Waals surface area contributed by atoms with Crippen molar-refractivity contribution >= 4 is 0 Å². The van der Waals surface area contributed by atoms with E-state index in [1.165, 1.54) is 17.5 Å². The van der Waals surface area contributed by atoms with Crippen LogP contribution in [0.3, 0.4) is 0 Å². The maximum atomic E-state index is 11.5. The SMILES string of the molecule is Cn1nc(C[C@H]2CCCC[C@H]2N)n(C)c1=O. The van der Waals surface area contributed by atoms with Gasteiger partial charge in [0.15, 0.2) is 0 Å². The zero-order valence-electron chi connectivity index (χ0n) is 10.0. The van der Waals surface area contributed by atoms with E-state index in [2.05, 4.69) is 5.10 Å². The average molecular weight is 224 g/mol. The van der Waals surface area contributed by atoms with Crippen LogP contribution in [-0.4, -0.2) is 20.4 Å². The smallest absolute Gasteiger partial charge is 0.327 e. The van der Waals surface area contributed by atoms with Gasteiger partial charge in [0, 0.05) is 26.6 Å². The van der Waals surface area contributed by atoms with E-state index >= 15 is 0 Å². The fourth-order valence-corrected chi connectivity index (χ4v) is 2.51. The highest BCUT2D eigenvalue weighted by Crippen LogP contribution is 2.25. The molecule has 1 saturated carbocycles. The summed E-state index contributed by atoms with van der Waals surface area (Å²) in [6, 6.07) is 0.269. The Balaban J connectivity index is 2.13. The first kappa shape index (κ1) is 11.4. The minimum Gasteiger partial charge on any atom is -0.327 e. The summed E-state index contributed by atoms with van der Waals surface area (Å²) in [7, 11) is 3.46. The molecule has 0 saturated heterocycles. The lowest BCUT2D eigenvalue weighted by Gasteiger charge is -2.27. The van der Waals surface area contributed by atoms with Crippen molar-refractivity contribution in [2.75, 3.05) is 0 Å². The van der Waals surface area contributed by atoms with Gasteiger partial charge in [-0.05, 0) is 18.8 Å². The van der Waals surface area contributed by atoms with Gasteiger partial charge in [-0.2, -0.15) is 5.10 Å². The molecule has 5 heteroatoms. The van der Waals surface area contributed by atoms with Crippen LogP contribution >= 0.6 is 0 Å². The van der Waals surface area contributed by atoms with E-state index in [9.17, 15) is 4.79 Å². The maximum absolute atomic E-state index is 11.5. The van der Waals surface area contributed by atoms with Crippen molar-refractivity contribution in [2.45, 2.75) is 38.1 Å². The molecule has 1 fully saturated rings. The van der Waals surface area contributed by atoms with Crippen LogP contribution in [-0.2, 0) is 20.5 Å². The molecule has 2 atom stereocenters. The quantitative estimate of drug-likeness (QED) is 0.779. The number of rotatable bonds is 2. The number of hydrogen-bond acceptors (Lipinski definition) is 3. The van der Waals surface area contributed by atoms with Crippen molar-refractivity contribution in [3.63, 3.8) is 0 Å². The van der Waals surface area contributed by atoms with Gasteiger partial charge in [0.25, 0.3) is 0 Å². The van der Waals surface area contributed by atoms with Crippen LogP contribution < -0.4 is 11.4 Å². The minimum atomic E-state index is -0.0561. The molecule has 16 heavy (non-hydrogen) atoms. The van der Waals surface area contributed by atoms with Crippen LogP contribution in [0, 0.1) is 5.92 Å². The summed E-state index contributed by atoms with van der Waals surface area (Å²) < 4.78 is 3.02. The summed E-state index contributed by atoms with van der Waals surface area (Å²) in [5.74, 6) is 1.34. The highest BCUT2D eigenvalue weighted by atomic mass is 16.2. The van der Waals surface area contributed by atoms with Crippen molar-refractivity contribution in [1.82, 2.24) is 14.3 Å². The molecule has 1 heterocycles. The predicted molar refractivity (Wildman–Crippen MR) is 62.1 cm³/mol. The van der Waals surface area contributed by atoms with Crippen molar-refractivity contribution in [3.05, 3.63) is 16.3 Å². The van der Waals surface area contributed by atoms with Gasteiger partial charge in [-0.3, -0.25) is 4.57 Å². The molecule has 0 aliphatic heterocycles. The van der Waals surface area contributed by atoms with Gasteiger partial charge in [-0.25, -0.2) is 9.48 Å². The topological polar surface area (TPSA) is 65.8 Å². The van der Waals surface area contributed by atoms with Crippen LogP contribution in [0.2, 0.25) is 0 Å². The van der Waals surface area contributed by atoms with Gasteiger partial charge in [0.1, 0.15) is 5.82 Å². The van der Waals surface area contributed by atoms with E-state index in [0.29, 0.717) is 5.92 Å². The van der Waals surface area contributed by atoms with Gasteiger partial charge in [-0.15, -0.1) is 0 Å². The normalized spacial score (nSPS) is 25.9. The molecule has 5 nitrogen and oxygen atoms in total. The second-order valence-electron chi connectivity index (χ2n) is 4.79. The summed E-state index contributed by atoms with van der Waals surface area (Å²) >= 11 is 0. The zero-order chi connectivity index (χ0) is 11.7. The first-order chi connectivity index (χ1) is 7.59. The van der Waals surface area contributed by atoms with E-state index < -0.39 is 0 Å². The van der Waals surface area contributed by atoms with Crippen LogP contribution in [0.5, 0.6) is 0 Å². The number of nitrogens with zero attached hydrogens (tertiary/aromatic N) is 3. The molecule has 2 rings (SSSR count). The lowest BCUT2D eigenvalue weighted by molar-refractivity contribution is 0.300. The molecular weight excluding hydrogens is 204 g/mol. The molecule has 0 bridgehead atoms. The number of hydrogen-bond donors (Lipinski definition) is 1. The van der Waals surface area contributed by atoms with Gasteiger partial charge < -0.3 is 5.73 Å². The van der Waals surface area contributed by atoms with Gasteiger partial charge in [0.05, 0.1) is 0 Å². The van der Waals surface area contributed by atoms with E-state index in [1.54, 1.807) is 18.7 Å². The monoisotopic (exact) mass is 224 g/mol. The Morgan fingerprint density at radius 3 is 2.62 bits per heavy atom. The molecule has 0 radical (unpaired) electrons. The Hall–Kier alpha value is -1.10. The second kappa shape index (κ2) is 4.41. The van der Waals surface area contributed by atoms with Crippen molar-refractivity contribution in [2.24, 2.45) is 25.7 Å². The van der Waals surface area contributed by atoms with Crippen molar-refractivity contribution < 1.29 is 0 Å². The summed E-state index contributed by atoms with van der Waals surface area (Å²) in [4.78, 5) is 11.5.